The smallest absolute Gasteiger partial charge is 0.219 e. The molecule has 3 N–H and O–H groups in total. The molecule has 1 fully saturated rings. The lowest BCUT2D eigenvalue weighted by atomic mass is 9.96. The minimum Gasteiger partial charge on any atom is -0.388 e. The second-order valence-corrected chi connectivity index (χ2v) is 3.83. The number of nitrogens with zero attached hydrogens (tertiary/aromatic N) is 1. The van der Waals surface area contributed by atoms with E-state index in [1.165, 1.54) is 14.0 Å². The van der Waals surface area contributed by atoms with E-state index in [-0.39, 0.29) is 5.91 Å². The number of hydrogen-bond donors (Lipinski definition) is 3. The van der Waals surface area contributed by atoms with Crippen molar-refractivity contribution in [2.24, 2.45) is 0 Å². The zero-order valence-electron chi connectivity index (χ0n) is 8.99. The Morgan fingerprint density at radius 2 is 1.80 bits per heavy atom. The lowest BCUT2D eigenvalue weighted by Gasteiger charge is -2.43. The van der Waals surface area contributed by atoms with Crippen molar-refractivity contribution in [2.75, 3.05) is 7.05 Å². The molecule has 1 amide bonds. The zero-order valence-corrected chi connectivity index (χ0v) is 8.99. The fourth-order valence-electron chi connectivity index (χ4n) is 1.66. The van der Waals surface area contributed by atoms with Gasteiger partial charge in [0.25, 0.3) is 0 Å². The molecule has 1 heterocycles. The molecule has 88 valence electrons. The quantitative estimate of drug-likeness (QED) is 0.488. The topological polar surface area (TPSA) is 90.2 Å². The van der Waals surface area contributed by atoms with Crippen molar-refractivity contribution in [1.82, 2.24) is 4.90 Å². The van der Waals surface area contributed by atoms with Crippen LogP contribution < -0.4 is 0 Å². The van der Waals surface area contributed by atoms with E-state index < -0.39 is 30.6 Å². The number of likely N-dealkylation sites (N-methyl/N-ethyl adjacent to an activating group) is 1. The third kappa shape index (κ3) is 2.28. The van der Waals surface area contributed by atoms with E-state index >= 15 is 0 Å². The van der Waals surface area contributed by atoms with Crippen LogP contribution in [0.1, 0.15) is 13.8 Å². The molecule has 5 atom stereocenters. The highest BCUT2D eigenvalue weighted by molar-refractivity contribution is 5.73. The molecule has 1 saturated heterocycles. The van der Waals surface area contributed by atoms with Crippen LogP contribution in [0.5, 0.6) is 0 Å². The predicted octanol–water partition coefficient (Wildman–Crippen LogP) is -1.71. The number of aliphatic hydroxyl groups is 3. The van der Waals surface area contributed by atoms with E-state index in [1.54, 1.807) is 6.92 Å². The molecule has 1 rings (SSSR count). The van der Waals surface area contributed by atoms with Crippen LogP contribution in [0, 0.1) is 0 Å². The Morgan fingerprint density at radius 1 is 1.27 bits per heavy atom. The molecule has 0 aromatic rings. The van der Waals surface area contributed by atoms with E-state index in [4.69, 9.17) is 4.74 Å². The van der Waals surface area contributed by atoms with Crippen LogP contribution in [0.3, 0.4) is 0 Å². The number of carbonyl (C=O) groups excluding carboxylic acids is 1. The SMILES string of the molecule is CC(=O)N(C)[C@H]1C(O)O[C@H](C)[C@H](O)[C@@H]1O. The normalized spacial score (nSPS) is 41.3. The highest BCUT2D eigenvalue weighted by atomic mass is 16.6. The Morgan fingerprint density at radius 3 is 2.27 bits per heavy atom. The fourth-order valence-corrected chi connectivity index (χ4v) is 1.66. The molecule has 0 aromatic heterocycles. The maximum absolute atomic E-state index is 11.1. The Labute approximate surface area is 88.1 Å². The van der Waals surface area contributed by atoms with Gasteiger partial charge in [0.15, 0.2) is 6.29 Å². The Kier molecular flexibility index (Phi) is 3.67. The first-order valence-electron chi connectivity index (χ1n) is 4.79. The van der Waals surface area contributed by atoms with Crippen molar-refractivity contribution in [2.45, 2.75) is 44.5 Å². The van der Waals surface area contributed by atoms with Gasteiger partial charge in [0.05, 0.1) is 6.10 Å². The second kappa shape index (κ2) is 4.44. The highest BCUT2D eigenvalue weighted by Gasteiger charge is 2.44. The summed E-state index contributed by atoms with van der Waals surface area (Å²) < 4.78 is 5.00. The van der Waals surface area contributed by atoms with E-state index in [2.05, 4.69) is 0 Å². The number of amides is 1. The van der Waals surface area contributed by atoms with Crippen LogP contribution in [-0.2, 0) is 9.53 Å². The van der Waals surface area contributed by atoms with Gasteiger partial charge in [0.1, 0.15) is 18.2 Å². The van der Waals surface area contributed by atoms with E-state index in [1.807, 2.05) is 0 Å². The number of aliphatic hydroxyl groups excluding tert-OH is 3. The average Bonchev–Trinajstić information content (AvgIpc) is 2.14. The molecule has 0 bridgehead atoms. The first-order valence-corrected chi connectivity index (χ1v) is 4.79. The molecular formula is C9H17NO5. The van der Waals surface area contributed by atoms with E-state index in [9.17, 15) is 20.1 Å². The van der Waals surface area contributed by atoms with Gasteiger partial charge in [-0.1, -0.05) is 0 Å². The van der Waals surface area contributed by atoms with Crippen molar-refractivity contribution in [3.05, 3.63) is 0 Å². The molecule has 0 aromatic carbocycles. The largest absolute Gasteiger partial charge is 0.388 e. The Balaban J connectivity index is 2.82. The lowest BCUT2D eigenvalue weighted by molar-refractivity contribution is -0.258. The molecule has 1 aliphatic heterocycles. The van der Waals surface area contributed by atoms with Crippen molar-refractivity contribution in [3.63, 3.8) is 0 Å². The van der Waals surface area contributed by atoms with Crippen LogP contribution in [0.4, 0.5) is 0 Å². The number of hydrogen-bond acceptors (Lipinski definition) is 5. The van der Waals surface area contributed by atoms with E-state index in [0.717, 1.165) is 4.90 Å². The van der Waals surface area contributed by atoms with Gasteiger partial charge in [-0.15, -0.1) is 0 Å². The number of ether oxygens (including phenoxy) is 1. The molecule has 1 aliphatic rings. The van der Waals surface area contributed by atoms with Gasteiger partial charge in [-0.05, 0) is 6.92 Å². The molecule has 0 aliphatic carbocycles. The van der Waals surface area contributed by atoms with E-state index in [0.29, 0.717) is 0 Å². The maximum atomic E-state index is 11.1. The fraction of sp³-hybridized carbons (Fsp3) is 0.889. The van der Waals surface area contributed by atoms with Gasteiger partial charge in [-0.2, -0.15) is 0 Å². The van der Waals surface area contributed by atoms with Gasteiger partial charge in [0.2, 0.25) is 5.91 Å². The van der Waals surface area contributed by atoms with Gasteiger partial charge in [-0.25, -0.2) is 0 Å². The van der Waals surface area contributed by atoms with Crippen molar-refractivity contribution in [3.8, 4) is 0 Å². The standard InChI is InChI=1S/C9H17NO5/c1-4-7(12)8(13)6(9(14)15-4)10(3)5(2)11/h4,6-9,12-14H,1-3H3/t4-,6-,7+,8-,9?/m1/s1. The molecule has 0 spiro atoms. The van der Waals surface area contributed by atoms with Gasteiger partial charge >= 0.3 is 0 Å². The monoisotopic (exact) mass is 219 g/mol. The first-order chi connectivity index (χ1) is 6.86. The van der Waals surface area contributed by atoms with Crippen molar-refractivity contribution < 1.29 is 24.9 Å². The van der Waals surface area contributed by atoms with Crippen LogP contribution in [0.2, 0.25) is 0 Å². The first kappa shape index (κ1) is 12.4. The van der Waals surface area contributed by atoms with Gasteiger partial charge in [-0.3, -0.25) is 4.79 Å². The minimum absolute atomic E-state index is 0.316. The summed E-state index contributed by atoms with van der Waals surface area (Å²) >= 11 is 0. The third-order valence-corrected chi connectivity index (χ3v) is 2.77. The molecule has 0 saturated carbocycles. The third-order valence-electron chi connectivity index (χ3n) is 2.77. The average molecular weight is 219 g/mol. The number of carbonyl (C=O) groups is 1. The summed E-state index contributed by atoms with van der Waals surface area (Å²) in [4.78, 5) is 12.2. The molecule has 0 radical (unpaired) electrons. The summed E-state index contributed by atoms with van der Waals surface area (Å²) in [5.41, 5.74) is 0. The van der Waals surface area contributed by atoms with Crippen LogP contribution in [0.15, 0.2) is 0 Å². The van der Waals surface area contributed by atoms with Crippen LogP contribution in [-0.4, -0.2) is 63.8 Å². The molecule has 6 heteroatoms. The molecular weight excluding hydrogens is 202 g/mol. The number of rotatable bonds is 1. The second-order valence-electron chi connectivity index (χ2n) is 3.83. The summed E-state index contributed by atoms with van der Waals surface area (Å²) in [5.74, 6) is -0.316. The molecule has 1 unspecified atom stereocenters. The summed E-state index contributed by atoms with van der Waals surface area (Å²) in [5, 5.41) is 28.8. The van der Waals surface area contributed by atoms with Crippen LogP contribution >= 0.6 is 0 Å². The van der Waals surface area contributed by atoms with Crippen LogP contribution in [0.25, 0.3) is 0 Å². The maximum Gasteiger partial charge on any atom is 0.219 e. The predicted molar refractivity (Wildman–Crippen MR) is 50.8 cm³/mol. The van der Waals surface area contributed by atoms with Crippen molar-refractivity contribution >= 4 is 5.91 Å². The zero-order chi connectivity index (χ0) is 11.7. The summed E-state index contributed by atoms with van der Waals surface area (Å²) in [6.45, 7) is 2.85. The Hall–Kier alpha value is -0.690. The van der Waals surface area contributed by atoms with Gasteiger partial charge in [0, 0.05) is 14.0 Å². The molecule has 15 heavy (non-hydrogen) atoms. The summed E-state index contributed by atoms with van der Waals surface area (Å²) in [6.07, 6.45) is -4.27. The lowest BCUT2D eigenvalue weighted by Crippen LogP contribution is -2.62. The summed E-state index contributed by atoms with van der Waals surface area (Å²) in [7, 11) is 1.44. The Bertz CT molecular complexity index is 247. The minimum atomic E-state index is -1.28. The molecule has 6 nitrogen and oxygen atoms in total. The highest BCUT2D eigenvalue weighted by Crippen LogP contribution is 2.22. The summed E-state index contributed by atoms with van der Waals surface area (Å²) in [6, 6.07) is -0.936. The van der Waals surface area contributed by atoms with Crippen molar-refractivity contribution in [1.29, 1.82) is 0 Å². The van der Waals surface area contributed by atoms with Gasteiger partial charge < -0.3 is 25.0 Å².